The Morgan fingerprint density at radius 1 is 1.35 bits per heavy atom. The van der Waals surface area contributed by atoms with Gasteiger partial charge in [0.15, 0.2) is 0 Å². The van der Waals surface area contributed by atoms with Crippen molar-refractivity contribution in [2.24, 2.45) is 0 Å². The van der Waals surface area contributed by atoms with Crippen molar-refractivity contribution in [2.45, 2.75) is 18.4 Å². The van der Waals surface area contributed by atoms with Crippen molar-refractivity contribution in [2.75, 3.05) is 5.73 Å². The van der Waals surface area contributed by atoms with Crippen LogP contribution in [0.15, 0.2) is 41.6 Å². The van der Waals surface area contributed by atoms with Crippen LogP contribution in [0.2, 0.25) is 5.02 Å². The zero-order chi connectivity index (χ0) is 14.8. The van der Waals surface area contributed by atoms with Crippen molar-refractivity contribution in [3.63, 3.8) is 0 Å². The normalized spacial score (nSPS) is 11.5. The Labute approximate surface area is 122 Å². The molecule has 0 aliphatic carbocycles. The van der Waals surface area contributed by atoms with Gasteiger partial charge in [0.25, 0.3) is 0 Å². The van der Waals surface area contributed by atoms with Gasteiger partial charge in [0.1, 0.15) is 4.90 Å². The average molecular weight is 312 g/mol. The van der Waals surface area contributed by atoms with Gasteiger partial charge in [-0.3, -0.25) is 4.98 Å². The lowest BCUT2D eigenvalue weighted by Gasteiger charge is -2.10. The van der Waals surface area contributed by atoms with Gasteiger partial charge in [0, 0.05) is 24.0 Å². The molecule has 106 valence electrons. The average Bonchev–Trinajstić information content (AvgIpc) is 2.37. The molecule has 1 aromatic carbocycles. The molecule has 0 amide bonds. The number of hydrogen-bond acceptors (Lipinski definition) is 4. The quantitative estimate of drug-likeness (QED) is 0.847. The molecule has 0 aliphatic rings. The molecular weight excluding hydrogens is 298 g/mol. The van der Waals surface area contributed by atoms with E-state index >= 15 is 0 Å². The zero-order valence-electron chi connectivity index (χ0n) is 10.8. The van der Waals surface area contributed by atoms with Crippen LogP contribution in [-0.4, -0.2) is 13.4 Å². The van der Waals surface area contributed by atoms with Gasteiger partial charge in [0.2, 0.25) is 10.0 Å². The third-order valence-corrected chi connectivity index (χ3v) is 4.56. The molecule has 1 heterocycles. The summed E-state index contributed by atoms with van der Waals surface area (Å²) in [6.07, 6.45) is 3.30. The fraction of sp³-hybridized carbons (Fsp3) is 0.154. The van der Waals surface area contributed by atoms with E-state index in [9.17, 15) is 8.42 Å². The maximum Gasteiger partial charge on any atom is 0.242 e. The maximum atomic E-state index is 12.2. The lowest BCUT2D eigenvalue weighted by Crippen LogP contribution is -2.24. The summed E-state index contributed by atoms with van der Waals surface area (Å²) in [5.41, 5.74) is 7.59. The van der Waals surface area contributed by atoms with Crippen LogP contribution in [-0.2, 0) is 16.6 Å². The molecule has 0 saturated heterocycles. The summed E-state index contributed by atoms with van der Waals surface area (Å²) in [7, 11) is -3.68. The standard InChI is InChI=1S/C13H14ClN3O2S/c1-9-7-16-5-4-10(9)8-17-20(18,19)13-3-2-11(14)6-12(13)15/h2-7,17H,8,15H2,1H3. The van der Waals surface area contributed by atoms with Crippen LogP contribution < -0.4 is 10.5 Å². The van der Waals surface area contributed by atoms with Gasteiger partial charge in [-0.1, -0.05) is 11.6 Å². The summed E-state index contributed by atoms with van der Waals surface area (Å²) in [5, 5.41) is 0.395. The summed E-state index contributed by atoms with van der Waals surface area (Å²) in [6.45, 7) is 2.05. The van der Waals surface area contributed by atoms with Crippen molar-refractivity contribution in [1.29, 1.82) is 0 Å². The first kappa shape index (κ1) is 14.8. The number of pyridine rings is 1. The molecule has 2 rings (SSSR count). The Kier molecular flexibility index (Phi) is 4.27. The molecule has 20 heavy (non-hydrogen) atoms. The number of anilines is 1. The Bertz CT molecular complexity index is 732. The number of nitrogens with one attached hydrogen (secondary N) is 1. The Morgan fingerprint density at radius 2 is 2.10 bits per heavy atom. The summed E-state index contributed by atoms with van der Waals surface area (Å²) in [4.78, 5) is 3.98. The van der Waals surface area contributed by atoms with E-state index in [1.807, 2.05) is 6.92 Å². The van der Waals surface area contributed by atoms with Crippen molar-refractivity contribution < 1.29 is 8.42 Å². The maximum absolute atomic E-state index is 12.2. The van der Waals surface area contributed by atoms with Crippen LogP contribution in [0.3, 0.4) is 0 Å². The molecule has 7 heteroatoms. The van der Waals surface area contributed by atoms with E-state index in [4.69, 9.17) is 17.3 Å². The van der Waals surface area contributed by atoms with E-state index in [1.54, 1.807) is 18.5 Å². The van der Waals surface area contributed by atoms with Gasteiger partial charge in [0.05, 0.1) is 5.69 Å². The molecule has 0 fully saturated rings. The third kappa shape index (κ3) is 3.27. The minimum atomic E-state index is -3.68. The molecule has 0 atom stereocenters. The largest absolute Gasteiger partial charge is 0.398 e. The van der Waals surface area contributed by atoms with Crippen LogP contribution in [0.25, 0.3) is 0 Å². The number of rotatable bonds is 4. The summed E-state index contributed by atoms with van der Waals surface area (Å²) < 4.78 is 26.9. The Balaban J connectivity index is 2.22. The topological polar surface area (TPSA) is 85.1 Å². The van der Waals surface area contributed by atoms with E-state index in [-0.39, 0.29) is 17.1 Å². The van der Waals surface area contributed by atoms with E-state index < -0.39 is 10.0 Å². The number of halogens is 1. The number of aromatic nitrogens is 1. The fourth-order valence-electron chi connectivity index (χ4n) is 1.72. The first-order valence-electron chi connectivity index (χ1n) is 5.84. The van der Waals surface area contributed by atoms with Crippen LogP contribution in [0.4, 0.5) is 5.69 Å². The SMILES string of the molecule is Cc1cnccc1CNS(=O)(=O)c1ccc(Cl)cc1N. The minimum absolute atomic E-state index is 0.0219. The second kappa shape index (κ2) is 5.78. The van der Waals surface area contributed by atoms with E-state index in [0.29, 0.717) is 5.02 Å². The van der Waals surface area contributed by atoms with Gasteiger partial charge in [-0.15, -0.1) is 0 Å². The highest BCUT2D eigenvalue weighted by molar-refractivity contribution is 7.89. The fourth-order valence-corrected chi connectivity index (χ4v) is 3.01. The Morgan fingerprint density at radius 3 is 2.75 bits per heavy atom. The summed E-state index contributed by atoms with van der Waals surface area (Å²) in [6, 6.07) is 6.06. The molecule has 0 radical (unpaired) electrons. The third-order valence-electron chi connectivity index (χ3n) is 2.85. The second-order valence-electron chi connectivity index (χ2n) is 4.31. The number of nitrogens with two attached hydrogens (primary N) is 1. The molecule has 0 saturated carbocycles. The van der Waals surface area contributed by atoms with E-state index in [2.05, 4.69) is 9.71 Å². The van der Waals surface area contributed by atoms with Crippen LogP contribution in [0.1, 0.15) is 11.1 Å². The van der Waals surface area contributed by atoms with Crippen molar-refractivity contribution in [3.8, 4) is 0 Å². The first-order valence-corrected chi connectivity index (χ1v) is 7.70. The lowest BCUT2D eigenvalue weighted by atomic mass is 10.2. The number of hydrogen-bond donors (Lipinski definition) is 2. The van der Waals surface area contributed by atoms with Crippen LogP contribution in [0, 0.1) is 6.92 Å². The van der Waals surface area contributed by atoms with Crippen LogP contribution in [0.5, 0.6) is 0 Å². The van der Waals surface area contributed by atoms with Gasteiger partial charge < -0.3 is 5.73 Å². The highest BCUT2D eigenvalue weighted by Crippen LogP contribution is 2.22. The number of nitrogens with zero attached hydrogens (tertiary/aromatic N) is 1. The smallest absolute Gasteiger partial charge is 0.242 e. The molecule has 0 spiro atoms. The summed E-state index contributed by atoms with van der Waals surface area (Å²) >= 11 is 5.76. The van der Waals surface area contributed by atoms with Crippen molar-refractivity contribution in [3.05, 3.63) is 52.8 Å². The molecule has 0 unspecified atom stereocenters. The highest BCUT2D eigenvalue weighted by atomic mass is 35.5. The van der Waals surface area contributed by atoms with E-state index in [0.717, 1.165) is 11.1 Å². The Hall–Kier alpha value is -1.63. The molecule has 2 aromatic rings. The molecule has 5 nitrogen and oxygen atoms in total. The molecule has 1 aromatic heterocycles. The number of sulfonamides is 1. The van der Waals surface area contributed by atoms with Gasteiger partial charge in [-0.2, -0.15) is 0 Å². The van der Waals surface area contributed by atoms with E-state index in [1.165, 1.54) is 18.2 Å². The first-order chi connectivity index (χ1) is 9.40. The summed E-state index contributed by atoms with van der Waals surface area (Å²) in [5.74, 6) is 0. The molecule has 3 N–H and O–H groups in total. The predicted octanol–water partition coefficient (Wildman–Crippen LogP) is 2.10. The zero-order valence-corrected chi connectivity index (χ0v) is 12.4. The second-order valence-corrected chi connectivity index (χ2v) is 6.48. The van der Waals surface area contributed by atoms with Gasteiger partial charge in [-0.05, 0) is 42.3 Å². The predicted molar refractivity (Wildman–Crippen MR) is 78.9 cm³/mol. The number of benzene rings is 1. The highest BCUT2D eigenvalue weighted by Gasteiger charge is 2.17. The molecule has 0 bridgehead atoms. The minimum Gasteiger partial charge on any atom is -0.398 e. The van der Waals surface area contributed by atoms with Crippen molar-refractivity contribution in [1.82, 2.24) is 9.71 Å². The van der Waals surface area contributed by atoms with Crippen LogP contribution >= 0.6 is 11.6 Å². The molecule has 0 aliphatic heterocycles. The van der Waals surface area contributed by atoms with Crippen molar-refractivity contribution >= 4 is 27.3 Å². The number of aryl methyl sites for hydroxylation is 1. The lowest BCUT2D eigenvalue weighted by molar-refractivity contribution is 0.581. The van der Waals surface area contributed by atoms with Gasteiger partial charge in [-0.25, -0.2) is 13.1 Å². The van der Waals surface area contributed by atoms with Gasteiger partial charge >= 0.3 is 0 Å². The molecular formula is C13H14ClN3O2S. The monoisotopic (exact) mass is 311 g/mol. The number of nitrogen functional groups attached to an aromatic ring is 1.